The number of hydrogen-bond acceptors (Lipinski definition) is 4. The summed E-state index contributed by atoms with van der Waals surface area (Å²) in [5.41, 5.74) is 7.46. The van der Waals surface area contributed by atoms with Crippen molar-refractivity contribution in [2.45, 2.75) is 6.61 Å². The van der Waals surface area contributed by atoms with Gasteiger partial charge in [-0.05, 0) is 29.8 Å². The van der Waals surface area contributed by atoms with E-state index in [0.717, 1.165) is 17.1 Å². The van der Waals surface area contributed by atoms with Gasteiger partial charge in [0.1, 0.15) is 12.4 Å². The lowest BCUT2D eigenvalue weighted by Crippen LogP contribution is -1.98. The van der Waals surface area contributed by atoms with Crippen LogP contribution >= 0.6 is 0 Å². The fraction of sp³-hybridized carbons (Fsp3) is 0.143. The molecule has 3 rings (SSSR count). The molecule has 0 saturated heterocycles. The Bertz CT molecular complexity index is 569. The van der Waals surface area contributed by atoms with Crippen LogP contribution in [0.15, 0.2) is 42.5 Å². The van der Waals surface area contributed by atoms with E-state index in [0.29, 0.717) is 18.0 Å². The maximum absolute atomic E-state index is 5.81. The number of nitrogens with two attached hydrogens (primary N) is 1. The van der Waals surface area contributed by atoms with Crippen LogP contribution in [0, 0.1) is 0 Å². The Morgan fingerprint density at radius 1 is 1.06 bits per heavy atom. The Balaban J connectivity index is 1.72. The second kappa shape index (κ2) is 4.49. The quantitative estimate of drug-likeness (QED) is 0.842. The highest BCUT2D eigenvalue weighted by molar-refractivity contribution is 5.52. The highest BCUT2D eigenvalue weighted by Crippen LogP contribution is 2.33. The first kappa shape index (κ1) is 10.8. The molecule has 0 saturated carbocycles. The van der Waals surface area contributed by atoms with Gasteiger partial charge in [-0.15, -0.1) is 0 Å². The molecule has 4 nitrogen and oxygen atoms in total. The van der Waals surface area contributed by atoms with Crippen LogP contribution < -0.4 is 19.9 Å². The molecule has 1 aliphatic rings. The van der Waals surface area contributed by atoms with Crippen molar-refractivity contribution in [3.05, 3.63) is 48.0 Å². The third-order valence-corrected chi connectivity index (χ3v) is 2.75. The Morgan fingerprint density at radius 3 is 2.78 bits per heavy atom. The third kappa shape index (κ3) is 2.05. The van der Waals surface area contributed by atoms with E-state index in [1.165, 1.54) is 0 Å². The van der Waals surface area contributed by atoms with Gasteiger partial charge < -0.3 is 19.9 Å². The van der Waals surface area contributed by atoms with Gasteiger partial charge in [-0.2, -0.15) is 0 Å². The Morgan fingerprint density at radius 2 is 1.89 bits per heavy atom. The molecular weight excluding hydrogens is 230 g/mol. The summed E-state index contributed by atoms with van der Waals surface area (Å²) in [7, 11) is 0. The second-order valence-corrected chi connectivity index (χ2v) is 4.01. The normalized spacial score (nSPS) is 12.4. The van der Waals surface area contributed by atoms with Crippen molar-refractivity contribution in [1.82, 2.24) is 0 Å². The molecule has 2 aromatic rings. The van der Waals surface area contributed by atoms with E-state index >= 15 is 0 Å². The standard InChI is InChI=1S/C14H13NO3/c15-11-3-1-2-4-12(11)16-8-10-5-6-13-14(7-10)18-9-17-13/h1-7H,8-9,15H2. The number of anilines is 1. The lowest BCUT2D eigenvalue weighted by Gasteiger charge is -2.08. The minimum Gasteiger partial charge on any atom is -0.487 e. The van der Waals surface area contributed by atoms with Crippen LogP contribution in [0.1, 0.15) is 5.56 Å². The molecule has 1 aliphatic heterocycles. The second-order valence-electron chi connectivity index (χ2n) is 4.01. The van der Waals surface area contributed by atoms with Crippen molar-refractivity contribution >= 4 is 5.69 Å². The van der Waals surface area contributed by atoms with Crippen molar-refractivity contribution in [3.8, 4) is 17.2 Å². The Labute approximate surface area is 105 Å². The van der Waals surface area contributed by atoms with Gasteiger partial charge >= 0.3 is 0 Å². The van der Waals surface area contributed by atoms with E-state index < -0.39 is 0 Å². The van der Waals surface area contributed by atoms with Crippen molar-refractivity contribution < 1.29 is 14.2 Å². The van der Waals surface area contributed by atoms with Crippen LogP contribution in [0.25, 0.3) is 0 Å². The molecule has 2 aromatic carbocycles. The fourth-order valence-corrected chi connectivity index (χ4v) is 1.80. The van der Waals surface area contributed by atoms with Gasteiger partial charge in [0.15, 0.2) is 11.5 Å². The van der Waals surface area contributed by atoms with Crippen LogP contribution in [-0.2, 0) is 6.61 Å². The van der Waals surface area contributed by atoms with E-state index in [-0.39, 0.29) is 6.79 Å². The summed E-state index contributed by atoms with van der Waals surface area (Å²) in [6, 6.07) is 13.2. The molecule has 4 heteroatoms. The van der Waals surface area contributed by atoms with Gasteiger partial charge in [0, 0.05) is 0 Å². The first-order valence-electron chi connectivity index (χ1n) is 5.69. The maximum atomic E-state index is 5.81. The smallest absolute Gasteiger partial charge is 0.231 e. The van der Waals surface area contributed by atoms with Gasteiger partial charge in [0.2, 0.25) is 6.79 Å². The van der Waals surface area contributed by atoms with Gasteiger partial charge in [-0.3, -0.25) is 0 Å². The minimum atomic E-state index is 0.283. The Hall–Kier alpha value is -2.36. The summed E-state index contributed by atoms with van der Waals surface area (Å²) in [5, 5.41) is 0. The average molecular weight is 243 g/mol. The zero-order valence-corrected chi connectivity index (χ0v) is 9.76. The van der Waals surface area contributed by atoms with Crippen molar-refractivity contribution in [1.29, 1.82) is 0 Å². The molecule has 0 atom stereocenters. The third-order valence-electron chi connectivity index (χ3n) is 2.75. The molecular formula is C14H13NO3. The zero-order chi connectivity index (χ0) is 12.4. The van der Waals surface area contributed by atoms with Gasteiger partial charge in [0.05, 0.1) is 5.69 Å². The summed E-state index contributed by atoms with van der Waals surface area (Å²) in [6.45, 7) is 0.732. The number of ether oxygens (including phenoxy) is 3. The predicted molar refractivity (Wildman–Crippen MR) is 67.8 cm³/mol. The predicted octanol–water partition coefficient (Wildman–Crippen LogP) is 2.58. The molecule has 18 heavy (non-hydrogen) atoms. The van der Waals surface area contributed by atoms with Gasteiger partial charge in [-0.1, -0.05) is 18.2 Å². The Kier molecular flexibility index (Phi) is 2.68. The van der Waals surface area contributed by atoms with Gasteiger partial charge in [-0.25, -0.2) is 0 Å². The molecule has 0 amide bonds. The summed E-state index contributed by atoms with van der Waals surface area (Å²) in [6.07, 6.45) is 0. The number of benzene rings is 2. The van der Waals surface area contributed by atoms with E-state index in [1.807, 2.05) is 42.5 Å². The van der Waals surface area contributed by atoms with Crippen molar-refractivity contribution in [3.63, 3.8) is 0 Å². The fourth-order valence-electron chi connectivity index (χ4n) is 1.80. The van der Waals surface area contributed by atoms with Crippen LogP contribution in [0.2, 0.25) is 0 Å². The number of hydrogen-bond donors (Lipinski definition) is 1. The molecule has 0 aliphatic carbocycles. The number of para-hydroxylation sites is 2. The van der Waals surface area contributed by atoms with Crippen LogP contribution in [0.5, 0.6) is 17.2 Å². The van der Waals surface area contributed by atoms with E-state index in [4.69, 9.17) is 19.9 Å². The van der Waals surface area contributed by atoms with Crippen molar-refractivity contribution in [2.75, 3.05) is 12.5 Å². The summed E-state index contributed by atoms with van der Waals surface area (Å²) < 4.78 is 16.2. The number of nitrogen functional groups attached to an aromatic ring is 1. The molecule has 0 unspecified atom stereocenters. The first-order valence-corrected chi connectivity index (χ1v) is 5.69. The lowest BCUT2D eigenvalue weighted by atomic mass is 10.2. The lowest BCUT2D eigenvalue weighted by molar-refractivity contribution is 0.174. The molecule has 0 bridgehead atoms. The maximum Gasteiger partial charge on any atom is 0.231 e. The molecule has 0 aromatic heterocycles. The number of fused-ring (bicyclic) bond motifs is 1. The van der Waals surface area contributed by atoms with Gasteiger partial charge in [0.25, 0.3) is 0 Å². The highest BCUT2D eigenvalue weighted by Gasteiger charge is 2.13. The monoisotopic (exact) mass is 243 g/mol. The molecule has 0 radical (unpaired) electrons. The van der Waals surface area contributed by atoms with Crippen LogP contribution in [0.3, 0.4) is 0 Å². The molecule has 2 N–H and O–H groups in total. The molecule has 0 fully saturated rings. The summed E-state index contributed by atoms with van der Waals surface area (Å²) in [5.74, 6) is 2.23. The molecule has 92 valence electrons. The van der Waals surface area contributed by atoms with Crippen LogP contribution in [-0.4, -0.2) is 6.79 Å². The zero-order valence-electron chi connectivity index (χ0n) is 9.76. The van der Waals surface area contributed by atoms with E-state index in [1.54, 1.807) is 0 Å². The molecule has 0 spiro atoms. The minimum absolute atomic E-state index is 0.283. The van der Waals surface area contributed by atoms with E-state index in [2.05, 4.69) is 0 Å². The summed E-state index contributed by atoms with van der Waals surface area (Å²) in [4.78, 5) is 0. The van der Waals surface area contributed by atoms with Crippen LogP contribution in [0.4, 0.5) is 5.69 Å². The largest absolute Gasteiger partial charge is 0.487 e. The highest BCUT2D eigenvalue weighted by atomic mass is 16.7. The molecule has 1 heterocycles. The summed E-state index contributed by atoms with van der Waals surface area (Å²) >= 11 is 0. The van der Waals surface area contributed by atoms with E-state index in [9.17, 15) is 0 Å². The first-order chi connectivity index (χ1) is 8.83. The number of rotatable bonds is 3. The topological polar surface area (TPSA) is 53.7 Å². The average Bonchev–Trinajstić information content (AvgIpc) is 2.85. The van der Waals surface area contributed by atoms with Crippen molar-refractivity contribution in [2.24, 2.45) is 0 Å². The SMILES string of the molecule is Nc1ccccc1OCc1ccc2c(c1)OCO2.